The molecule has 0 aliphatic carbocycles. The number of aryl methyl sites for hydroxylation is 2. The van der Waals surface area contributed by atoms with E-state index < -0.39 is 11.4 Å². The number of nitrogens with one attached hydrogen (secondary N) is 1. The van der Waals surface area contributed by atoms with Gasteiger partial charge in [0.05, 0.1) is 26.3 Å². The van der Waals surface area contributed by atoms with Gasteiger partial charge in [0.15, 0.2) is 0 Å². The zero-order chi connectivity index (χ0) is 29.7. The number of nitrogens with two attached hydrogens (primary N) is 2. The van der Waals surface area contributed by atoms with Gasteiger partial charge in [-0.2, -0.15) is 0 Å². The van der Waals surface area contributed by atoms with Crippen LogP contribution in [0.1, 0.15) is 47.6 Å². The Balaban J connectivity index is 1.58. The zero-order valence-electron chi connectivity index (χ0n) is 24.3. The fraction of sp³-hybridized carbons (Fsp3) is 0.303. The highest BCUT2D eigenvalue weighted by atomic mass is 16.5. The lowest BCUT2D eigenvalue weighted by atomic mass is 9.84. The van der Waals surface area contributed by atoms with Crippen LogP contribution in [0.3, 0.4) is 0 Å². The van der Waals surface area contributed by atoms with Crippen LogP contribution in [0.4, 0.5) is 0 Å². The first-order valence-electron chi connectivity index (χ1n) is 14.1. The summed E-state index contributed by atoms with van der Waals surface area (Å²) in [5.41, 5.74) is 15.3. The molecule has 3 aromatic carbocycles. The normalized spacial score (nSPS) is 13.5. The van der Waals surface area contributed by atoms with Crippen molar-refractivity contribution in [2.45, 2.75) is 50.6 Å². The van der Waals surface area contributed by atoms with Crippen molar-refractivity contribution in [3.8, 4) is 11.5 Å². The number of para-hydroxylation sites is 1. The largest absolute Gasteiger partial charge is 0.497 e. The number of carbonyl (C=O) groups is 1. The predicted octanol–water partition coefficient (Wildman–Crippen LogP) is 4.53. The monoisotopic (exact) mass is 566 g/mol. The van der Waals surface area contributed by atoms with E-state index in [-0.39, 0.29) is 5.92 Å². The highest BCUT2D eigenvalue weighted by molar-refractivity contribution is 5.84. The second-order valence-electron chi connectivity index (χ2n) is 11.0. The van der Waals surface area contributed by atoms with E-state index in [1.807, 2.05) is 60.8 Å². The molecule has 5 N–H and O–H groups in total. The van der Waals surface area contributed by atoms with Crippen molar-refractivity contribution in [1.82, 2.24) is 19.7 Å². The lowest BCUT2D eigenvalue weighted by Crippen LogP contribution is -2.50. The van der Waals surface area contributed by atoms with Gasteiger partial charge in [0.2, 0.25) is 5.91 Å². The molecule has 0 aliphatic heterocycles. The summed E-state index contributed by atoms with van der Waals surface area (Å²) in [7, 11) is 3.28. The third-order valence-electron chi connectivity index (χ3n) is 7.90. The second-order valence-corrected chi connectivity index (χ2v) is 11.0. The van der Waals surface area contributed by atoms with Crippen LogP contribution < -0.4 is 20.9 Å². The van der Waals surface area contributed by atoms with E-state index in [1.54, 1.807) is 21.1 Å². The van der Waals surface area contributed by atoms with Gasteiger partial charge in [-0.3, -0.25) is 4.79 Å². The number of benzene rings is 3. The number of nitrogens with zero attached hydrogens (tertiary/aromatic N) is 3. The maximum absolute atomic E-state index is 12.4. The molecule has 0 bridgehead atoms. The number of fused-ring (bicyclic) bond motifs is 1. The van der Waals surface area contributed by atoms with E-state index in [4.69, 9.17) is 26.0 Å². The van der Waals surface area contributed by atoms with Gasteiger partial charge in [0.1, 0.15) is 23.1 Å². The molecular formula is C33H38N6O3. The number of hydrogen-bond donors (Lipinski definition) is 3. The van der Waals surface area contributed by atoms with Gasteiger partial charge < -0.3 is 30.5 Å². The first-order valence-corrected chi connectivity index (χ1v) is 14.1. The summed E-state index contributed by atoms with van der Waals surface area (Å²) < 4.78 is 13.3. The second kappa shape index (κ2) is 12.5. The number of aromatic nitrogens is 4. The van der Waals surface area contributed by atoms with E-state index in [0.717, 1.165) is 40.1 Å². The molecule has 42 heavy (non-hydrogen) atoms. The topological polar surface area (TPSA) is 134 Å². The molecule has 2 atom stereocenters. The van der Waals surface area contributed by atoms with Crippen LogP contribution in [0.5, 0.6) is 11.5 Å². The molecule has 5 aromatic rings. The Bertz CT molecular complexity index is 1660. The van der Waals surface area contributed by atoms with Crippen LogP contribution >= 0.6 is 0 Å². The van der Waals surface area contributed by atoms with Crippen molar-refractivity contribution in [3.63, 3.8) is 0 Å². The minimum atomic E-state index is -1.24. The standard InChI is InChI=1S/C33H38N6O3/c1-33(35,32(34)40)19-24(17-25-20-36-28-12-8-7-11-27(25)28)31-38-37-30(16-13-22-9-5-4-6-10-22)39(31)21-23-14-15-26(41-2)18-29(23)42-3/h4-12,14-15,18,20,24,36H,13,16-17,19,21,35H2,1-3H3,(H2,34,40)/t24?,33-/m0/s1. The lowest BCUT2D eigenvalue weighted by Gasteiger charge is -2.27. The molecule has 0 aliphatic rings. The minimum absolute atomic E-state index is 0.242. The Kier molecular flexibility index (Phi) is 8.59. The van der Waals surface area contributed by atoms with Crippen molar-refractivity contribution in [3.05, 3.63) is 107 Å². The van der Waals surface area contributed by atoms with E-state index in [1.165, 1.54) is 5.56 Å². The molecule has 0 radical (unpaired) electrons. The highest BCUT2D eigenvalue weighted by Gasteiger charge is 2.34. The smallest absolute Gasteiger partial charge is 0.237 e. The van der Waals surface area contributed by atoms with Crippen molar-refractivity contribution in [2.24, 2.45) is 11.5 Å². The molecule has 2 aromatic heterocycles. The highest BCUT2D eigenvalue weighted by Crippen LogP contribution is 2.33. The molecule has 1 amide bonds. The average Bonchev–Trinajstić information content (AvgIpc) is 3.60. The summed E-state index contributed by atoms with van der Waals surface area (Å²) in [6.07, 6.45) is 4.41. The molecule has 1 unspecified atom stereocenters. The average molecular weight is 567 g/mol. The van der Waals surface area contributed by atoms with Gasteiger partial charge in [-0.25, -0.2) is 0 Å². The summed E-state index contributed by atoms with van der Waals surface area (Å²) in [5, 5.41) is 10.6. The fourth-order valence-electron chi connectivity index (χ4n) is 5.50. The molecule has 5 rings (SSSR count). The molecule has 0 spiro atoms. The van der Waals surface area contributed by atoms with Crippen LogP contribution in [0, 0.1) is 0 Å². The van der Waals surface area contributed by atoms with E-state index >= 15 is 0 Å². The molecule has 0 saturated carbocycles. The van der Waals surface area contributed by atoms with Gasteiger partial charge in [0.25, 0.3) is 0 Å². The first-order chi connectivity index (χ1) is 20.3. The van der Waals surface area contributed by atoms with Gasteiger partial charge in [0, 0.05) is 41.1 Å². The Morgan fingerprint density at radius 3 is 2.48 bits per heavy atom. The fourth-order valence-corrected chi connectivity index (χ4v) is 5.50. The quantitative estimate of drug-likeness (QED) is 0.192. The molecule has 2 heterocycles. The maximum Gasteiger partial charge on any atom is 0.237 e. The summed E-state index contributed by atoms with van der Waals surface area (Å²) in [6, 6.07) is 24.2. The van der Waals surface area contributed by atoms with Crippen LogP contribution in [-0.4, -0.2) is 45.4 Å². The Morgan fingerprint density at radius 1 is 0.976 bits per heavy atom. The number of primary amides is 1. The van der Waals surface area contributed by atoms with Crippen LogP contribution in [0.15, 0.2) is 79.0 Å². The Morgan fingerprint density at radius 2 is 1.74 bits per heavy atom. The Hall–Kier alpha value is -4.63. The Labute approximate surface area is 245 Å². The molecule has 218 valence electrons. The van der Waals surface area contributed by atoms with Gasteiger partial charge in [-0.15, -0.1) is 10.2 Å². The summed E-state index contributed by atoms with van der Waals surface area (Å²) in [4.78, 5) is 15.8. The molecule has 0 saturated heterocycles. The van der Waals surface area contributed by atoms with Gasteiger partial charge >= 0.3 is 0 Å². The SMILES string of the molecule is COc1ccc(Cn2c(CCc3ccccc3)nnc2C(Cc2c[nH]c3ccccc23)C[C@](C)(N)C(N)=O)c(OC)c1. The van der Waals surface area contributed by atoms with Gasteiger partial charge in [-0.1, -0.05) is 48.5 Å². The van der Waals surface area contributed by atoms with Gasteiger partial charge in [-0.05, 0) is 55.5 Å². The predicted molar refractivity (Wildman–Crippen MR) is 164 cm³/mol. The lowest BCUT2D eigenvalue weighted by molar-refractivity contribution is -0.122. The van der Waals surface area contributed by atoms with Crippen LogP contribution in [0.2, 0.25) is 0 Å². The van der Waals surface area contributed by atoms with Crippen molar-refractivity contribution >= 4 is 16.8 Å². The third-order valence-corrected chi connectivity index (χ3v) is 7.90. The molecular weight excluding hydrogens is 528 g/mol. The number of rotatable bonds is 13. The van der Waals surface area contributed by atoms with Crippen molar-refractivity contribution in [1.29, 1.82) is 0 Å². The van der Waals surface area contributed by atoms with Crippen LogP contribution in [-0.2, 0) is 30.6 Å². The summed E-state index contributed by atoms with van der Waals surface area (Å²) in [6.45, 7) is 2.16. The van der Waals surface area contributed by atoms with E-state index in [9.17, 15) is 4.79 Å². The number of methoxy groups -OCH3 is 2. The number of ether oxygens (including phenoxy) is 2. The first kappa shape index (κ1) is 28.9. The number of H-pyrrole nitrogens is 1. The molecule has 9 heteroatoms. The number of aromatic amines is 1. The zero-order valence-corrected chi connectivity index (χ0v) is 24.3. The van der Waals surface area contributed by atoms with Crippen LogP contribution in [0.25, 0.3) is 10.9 Å². The summed E-state index contributed by atoms with van der Waals surface area (Å²) >= 11 is 0. The minimum Gasteiger partial charge on any atom is -0.497 e. The molecule has 9 nitrogen and oxygen atoms in total. The molecule has 0 fully saturated rings. The third kappa shape index (κ3) is 6.31. The maximum atomic E-state index is 12.4. The summed E-state index contributed by atoms with van der Waals surface area (Å²) in [5.74, 6) is 2.21. The number of amides is 1. The number of carbonyl (C=O) groups excluding carboxylic acids is 1. The van der Waals surface area contributed by atoms with Crippen molar-refractivity contribution in [2.75, 3.05) is 14.2 Å². The van der Waals surface area contributed by atoms with E-state index in [0.29, 0.717) is 37.3 Å². The van der Waals surface area contributed by atoms with Crippen molar-refractivity contribution < 1.29 is 14.3 Å². The number of hydrogen-bond acceptors (Lipinski definition) is 6. The van der Waals surface area contributed by atoms with E-state index in [2.05, 4.69) is 32.8 Å².